The Morgan fingerprint density at radius 2 is 2.11 bits per heavy atom. The molecule has 4 aromatic rings. The molecule has 0 radical (unpaired) electrons. The Morgan fingerprint density at radius 3 is 2.93 bits per heavy atom. The van der Waals surface area contributed by atoms with E-state index in [1.165, 1.54) is 0 Å². The summed E-state index contributed by atoms with van der Waals surface area (Å²) >= 11 is 1.61. The van der Waals surface area contributed by atoms with Crippen molar-refractivity contribution in [3.05, 3.63) is 53.7 Å². The average molecular weight is 394 g/mol. The minimum atomic E-state index is 0.141. The Hall–Kier alpha value is -2.97. The van der Waals surface area contributed by atoms with Crippen molar-refractivity contribution in [3.8, 4) is 22.1 Å². The molecule has 7 nitrogen and oxygen atoms in total. The highest BCUT2D eigenvalue weighted by atomic mass is 32.1. The number of nitrogens with zero attached hydrogens (tertiary/aromatic N) is 4. The summed E-state index contributed by atoms with van der Waals surface area (Å²) in [5.74, 6) is 1.88. The first-order chi connectivity index (χ1) is 13.7. The zero-order valence-electron chi connectivity index (χ0n) is 15.3. The molecule has 1 aliphatic rings. The highest BCUT2D eigenvalue weighted by Gasteiger charge is 2.22. The summed E-state index contributed by atoms with van der Waals surface area (Å²) in [6.45, 7) is 4.13. The van der Waals surface area contributed by atoms with Crippen molar-refractivity contribution in [1.82, 2.24) is 20.0 Å². The number of rotatable bonds is 3. The van der Waals surface area contributed by atoms with E-state index in [4.69, 9.17) is 14.2 Å². The SMILES string of the molecule is Cc1noc(CN2CCOc3c(O)cc(-c4nc5ccccc5s4)cc3C2)n1. The van der Waals surface area contributed by atoms with Crippen molar-refractivity contribution in [2.45, 2.75) is 20.0 Å². The predicted molar refractivity (Wildman–Crippen MR) is 105 cm³/mol. The van der Waals surface area contributed by atoms with Gasteiger partial charge in [-0.3, -0.25) is 4.90 Å². The first kappa shape index (κ1) is 17.2. The van der Waals surface area contributed by atoms with E-state index in [1.807, 2.05) is 24.3 Å². The molecule has 0 atom stereocenters. The van der Waals surface area contributed by atoms with Crippen LogP contribution in [0.4, 0.5) is 0 Å². The van der Waals surface area contributed by atoms with Gasteiger partial charge in [0.25, 0.3) is 0 Å². The largest absolute Gasteiger partial charge is 0.504 e. The van der Waals surface area contributed by atoms with Crippen LogP contribution in [-0.2, 0) is 13.1 Å². The molecule has 3 heterocycles. The van der Waals surface area contributed by atoms with E-state index in [-0.39, 0.29) is 5.75 Å². The lowest BCUT2D eigenvalue weighted by Crippen LogP contribution is -2.25. The molecule has 0 aliphatic carbocycles. The lowest BCUT2D eigenvalue weighted by Gasteiger charge is -2.17. The smallest absolute Gasteiger partial charge is 0.240 e. The predicted octanol–water partition coefficient (Wildman–Crippen LogP) is 3.75. The van der Waals surface area contributed by atoms with Crippen LogP contribution in [0, 0.1) is 6.92 Å². The standard InChI is InChI=1S/C20H18N4O3S/c1-12-21-18(27-23-12)11-24-6-7-26-19-14(10-24)8-13(9-16(19)25)20-22-15-4-2-3-5-17(15)28-20/h2-5,8-9,25H,6-7,10-11H2,1H3. The minimum absolute atomic E-state index is 0.141. The number of aryl methyl sites for hydroxylation is 1. The maximum Gasteiger partial charge on any atom is 0.240 e. The van der Waals surface area contributed by atoms with Gasteiger partial charge in [0.15, 0.2) is 17.3 Å². The van der Waals surface area contributed by atoms with Gasteiger partial charge in [0, 0.05) is 24.2 Å². The Balaban J connectivity index is 1.49. The van der Waals surface area contributed by atoms with Crippen LogP contribution in [0.1, 0.15) is 17.3 Å². The normalized spacial score (nSPS) is 14.6. The van der Waals surface area contributed by atoms with Crippen molar-refractivity contribution < 1.29 is 14.4 Å². The molecule has 0 spiro atoms. The number of ether oxygens (including phenoxy) is 1. The quantitative estimate of drug-likeness (QED) is 0.566. The molecule has 8 heteroatoms. The fraction of sp³-hybridized carbons (Fsp3) is 0.250. The van der Waals surface area contributed by atoms with Gasteiger partial charge >= 0.3 is 0 Å². The zero-order chi connectivity index (χ0) is 19.1. The lowest BCUT2D eigenvalue weighted by atomic mass is 10.1. The molecule has 0 unspecified atom stereocenters. The van der Waals surface area contributed by atoms with Crippen LogP contribution in [0.25, 0.3) is 20.8 Å². The van der Waals surface area contributed by atoms with Crippen LogP contribution in [0.3, 0.4) is 0 Å². The van der Waals surface area contributed by atoms with Crippen molar-refractivity contribution in [2.75, 3.05) is 13.2 Å². The number of thiazole rings is 1. The van der Waals surface area contributed by atoms with E-state index >= 15 is 0 Å². The molecule has 1 aliphatic heterocycles. The number of phenolic OH excluding ortho intramolecular Hbond substituents is 1. The Bertz CT molecular complexity index is 1120. The second-order valence-electron chi connectivity index (χ2n) is 6.76. The minimum Gasteiger partial charge on any atom is -0.504 e. The van der Waals surface area contributed by atoms with Crippen molar-refractivity contribution >= 4 is 21.6 Å². The summed E-state index contributed by atoms with van der Waals surface area (Å²) in [6, 6.07) is 11.8. The number of benzene rings is 2. The summed E-state index contributed by atoms with van der Waals surface area (Å²) < 4.78 is 12.2. The number of hydrogen-bond donors (Lipinski definition) is 1. The van der Waals surface area contributed by atoms with E-state index in [0.717, 1.165) is 26.4 Å². The lowest BCUT2D eigenvalue weighted by molar-refractivity contribution is 0.195. The molecule has 0 saturated heterocycles. The molecule has 0 amide bonds. The molecule has 5 rings (SSSR count). The summed E-state index contributed by atoms with van der Waals surface area (Å²) in [5.41, 5.74) is 2.76. The third kappa shape index (κ3) is 3.21. The fourth-order valence-electron chi connectivity index (χ4n) is 3.40. The van der Waals surface area contributed by atoms with Gasteiger partial charge in [-0.05, 0) is 31.2 Å². The number of phenols is 1. The molecule has 0 bridgehead atoms. The molecular weight excluding hydrogens is 376 g/mol. The van der Waals surface area contributed by atoms with Crippen LogP contribution < -0.4 is 4.74 Å². The number of para-hydroxylation sites is 1. The molecule has 0 fully saturated rings. The van der Waals surface area contributed by atoms with Crippen molar-refractivity contribution in [1.29, 1.82) is 0 Å². The molecule has 2 aromatic carbocycles. The number of aromatic hydroxyl groups is 1. The van der Waals surface area contributed by atoms with Gasteiger partial charge in [0.05, 0.1) is 16.8 Å². The number of aromatic nitrogens is 3. The van der Waals surface area contributed by atoms with Crippen molar-refractivity contribution in [2.24, 2.45) is 0 Å². The second-order valence-corrected chi connectivity index (χ2v) is 7.80. The van der Waals surface area contributed by atoms with Crippen LogP contribution in [-0.4, -0.2) is 38.3 Å². The van der Waals surface area contributed by atoms with Gasteiger partial charge in [0.1, 0.15) is 11.6 Å². The molecule has 1 N–H and O–H groups in total. The number of fused-ring (bicyclic) bond motifs is 2. The maximum absolute atomic E-state index is 10.6. The molecule has 142 valence electrons. The van der Waals surface area contributed by atoms with E-state index < -0.39 is 0 Å². The Morgan fingerprint density at radius 1 is 1.21 bits per heavy atom. The summed E-state index contributed by atoms with van der Waals surface area (Å²) in [5, 5.41) is 15.3. The van der Waals surface area contributed by atoms with Gasteiger partial charge in [0.2, 0.25) is 5.89 Å². The van der Waals surface area contributed by atoms with Gasteiger partial charge < -0.3 is 14.4 Å². The summed E-state index contributed by atoms with van der Waals surface area (Å²) in [6.07, 6.45) is 0. The van der Waals surface area contributed by atoms with Gasteiger partial charge in [-0.25, -0.2) is 4.98 Å². The van der Waals surface area contributed by atoms with Gasteiger partial charge in [-0.15, -0.1) is 11.3 Å². The van der Waals surface area contributed by atoms with Crippen LogP contribution in [0.2, 0.25) is 0 Å². The van der Waals surface area contributed by atoms with E-state index in [1.54, 1.807) is 24.3 Å². The Kier molecular flexibility index (Phi) is 4.22. The average Bonchev–Trinajstić information content (AvgIpc) is 3.23. The van der Waals surface area contributed by atoms with Crippen LogP contribution >= 0.6 is 11.3 Å². The van der Waals surface area contributed by atoms with E-state index in [0.29, 0.717) is 43.7 Å². The highest BCUT2D eigenvalue weighted by Crippen LogP contribution is 2.39. The fourth-order valence-corrected chi connectivity index (χ4v) is 4.36. The monoisotopic (exact) mass is 394 g/mol. The third-order valence-corrected chi connectivity index (χ3v) is 5.75. The van der Waals surface area contributed by atoms with Gasteiger partial charge in [-0.2, -0.15) is 4.98 Å². The van der Waals surface area contributed by atoms with Crippen LogP contribution in [0.5, 0.6) is 11.5 Å². The number of hydrogen-bond acceptors (Lipinski definition) is 8. The van der Waals surface area contributed by atoms with Crippen LogP contribution in [0.15, 0.2) is 40.9 Å². The first-order valence-electron chi connectivity index (χ1n) is 9.02. The van der Waals surface area contributed by atoms with Crippen molar-refractivity contribution in [3.63, 3.8) is 0 Å². The molecule has 0 saturated carbocycles. The van der Waals surface area contributed by atoms with E-state index in [9.17, 15) is 5.11 Å². The summed E-state index contributed by atoms with van der Waals surface area (Å²) in [7, 11) is 0. The molecule has 28 heavy (non-hydrogen) atoms. The molecule has 2 aromatic heterocycles. The highest BCUT2D eigenvalue weighted by molar-refractivity contribution is 7.21. The Labute approximate surface area is 165 Å². The second kappa shape index (κ2) is 6.88. The van der Waals surface area contributed by atoms with E-state index in [2.05, 4.69) is 21.1 Å². The first-order valence-corrected chi connectivity index (χ1v) is 9.83. The summed E-state index contributed by atoms with van der Waals surface area (Å²) in [4.78, 5) is 11.2. The molecular formula is C20H18N4O3S. The zero-order valence-corrected chi connectivity index (χ0v) is 16.1. The van der Waals surface area contributed by atoms with Gasteiger partial charge in [-0.1, -0.05) is 17.3 Å². The maximum atomic E-state index is 10.6. The topological polar surface area (TPSA) is 84.5 Å². The third-order valence-electron chi connectivity index (χ3n) is 4.66.